The van der Waals surface area contributed by atoms with Gasteiger partial charge in [0.05, 0.1) is 0 Å². The second-order valence-corrected chi connectivity index (χ2v) is 6.50. The molecule has 0 radical (unpaired) electrons. The molecular weight excluding hydrogens is 236 g/mol. The van der Waals surface area contributed by atoms with Crippen molar-refractivity contribution in [2.45, 2.75) is 52.6 Å². The second kappa shape index (κ2) is 4.03. The number of ether oxygens (including phenoxy) is 1. The molecule has 1 heterocycles. The van der Waals surface area contributed by atoms with E-state index < -0.39 is 0 Å². The third-order valence-corrected chi connectivity index (χ3v) is 4.59. The van der Waals surface area contributed by atoms with Crippen LogP contribution in [0.15, 0.2) is 17.7 Å². The molecule has 0 saturated heterocycles. The highest BCUT2D eigenvalue weighted by Crippen LogP contribution is 2.50. The van der Waals surface area contributed by atoms with Crippen molar-refractivity contribution in [2.24, 2.45) is 5.92 Å². The number of phenolic OH excluding ortho intramolecular Hbond substituents is 1. The predicted octanol–water partition coefficient (Wildman–Crippen LogP) is 4.45. The summed E-state index contributed by atoms with van der Waals surface area (Å²) in [5, 5.41) is 9.90. The van der Waals surface area contributed by atoms with Crippen LogP contribution in [0.25, 0.3) is 5.57 Å². The molecule has 3 rings (SSSR count). The number of hydrogen-bond donors (Lipinski definition) is 1. The summed E-state index contributed by atoms with van der Waals surface area (Å²) in [5.74, 6) is 1.93. The van der Waals surface area contributed by atoms with Gasteiger partial charge in [0.15, 0.2) is 0 Å². The Morgan fingerprint density at radius 2 is 2.05 bits per heavy atom. The maximum absolute atomic E-state index is 9.90. The lowest BCUT2D eigenvalue weighted by molar-refractivity contribution is 0.134. The molecule has 0 amide bonds. The van der Waals surface area contributed by atoms with Gasteiger partial charge in [-0.05, 0) is 69.2 Å². The molecule has 0 bridgehead atoms. The first-order chi connectivity index (χ1) is 8.90. The Labute approximate surface area is 115 Å². The third kappa shape index (κ3) is 1.85. The molecule has 0 saturated carbocycles. The molecule has 2 nitrogen and oxygen atoms in total. The van der Waals surface area contributed by atoms with Crippen LogP contribution in [0.3, 0.4) is 0 Å². The van der Waals surface area contributed by atoms with E-state index in [1.165, 1.54) is 23.1 Å². The highest BCUT2D eigenvalue weighted by Gasteiger charge is 2.38. The van der Waals surface area contributed by atoms with Gasteiger partial charge in [0, 0.05) is 11.1 Å². The van der Waals surface area contributed by atoms with E-state index >= 15 is 0 Å². The largest absolute Gasteiger partial charge is 0.508 e. The average molecular weight is 258 g/mol. The van der Waals surface area contributed by atoms with Crippen LogP contribution < -0.4 is 4.74 Å². The number of aromatic hydroxyl groups is 1. The number of hydrogen-bond acceptors (Lipinski definition) is 2. The van der Waals surface area contributed by atoms with E-state index in [0.717, 1.165) is 30.1 Å². The van der Waals surface area contributed by atoms with Crippen LogP contribution in [-0.4, -0.2) is 10.7 Å². The highest BCUT2D eigenvalue weighted by atomic mass is 16.5. The summed E-state index contributed by atoms with van der Waals surface area (Å²) < 4.78 is 6.22. The van der Waals surface area contributed by atoms with Crippen LogP contribution in [0.2, 0.25) is 0 Å². The Hall–Kier alpha value is -1.44. The van der Waals surface area contributed by atoms with Crippen LogP contribution in [0.1, 0.15) is 51.2 Å². The number of fused-ring (bicyclic) bond motifs is 2. The molecule has 1 aromatic rings. The van der Waals surface area contributed by atoms with Gasteiger partial charge in [-0.15, -0.1) is 0 Å². The van der Waals surface area contributed by atoms with E-state index in [-0.39, 0.29) is 5.60 Å². The first-order valence-corrected chi connectivity index (χ1v) is 7.14. The van der Waals surface area contributed by atoms with Gasteiger partial charge in [0.1, 0.15) is 17.1 Å². The molecule has 2 heteroatoms. The zero-order valence-electron chi connectivity index (χ0n) is 12.2. The highest BCUT2D eigenvalue weighted by molar-refractivity contribution is 5.79. The van der Waals surface area contributed by atoms with Gasteiger partial charge in [-0.1, -0.05) is 6.92 Å². The maximum atomic E-state index is 9.90. The van der Waals surface area contributed by atoms with Crippen LogP contribution in [0.4, 0.5) is 0 Å². The van der Waals surface area contributed by atoms with Crippen LogP contribution >= 0.6 is 0 Å². The van der Waals surface area contributed by atoms with Crippen LogP contribution in [-0.2, 0) is 0 Å². The lowest BCUT2D eigenvalue weighted by atomic mass is 9.74. The summed E-state index contributed by atoms with van der Waals surface area (Å²) >= 11 is 0. The quantitative estimate of drug-likeness (QED) is 0.745. The van der Waals surface area contributed by atoms with E-state index in [9.17, 15) is 5.11 Å². The van der Waals surface area contributed by atoms with Crippen molar-refractivity contribution >= 4 is 5.57 Å². The minimum Gasteiger partial charge on any atom is -0.508 e. The fraction of sp³-hybridized carbons (Fsp3) is 0.529. The van der Waals surface area contributed by atoms with Gasteiger partial charge in [-0.2, -0.15) is 0 Å². The maximum Gasteiger partial charge on any atom is 0.134 e. The Balaban J connectivity index is 2.23. The van der Waals surface area contributed by atoms with E-state index in [0.29, 0.717) is 5.75 Å². The summed E-state index contributed by atoms with van der Waals surface area (Å²) in [7, 11) is 0. The molecule has 0 spiro atoms. The average Bonchev–Trinajstić information content (AvgIpc) is 2.34. The van der Waals surface area contributed by atoms with Crippen molar-refractivity contribution in [1.82, 2.24) is 0 Å². The molecule has 1 aliphatic heterocycles. The molecule has 102 valence electrons. The monoisotopic (exact) mass is 258 g/mol. The minimum absolute atomic E-state index is 0.249. The molecule has 1 atom stereocenters. The van der Waals surface area contributed by atoms with Gasteiger partial charge in [-0.25, -0.2) is 0 Å². The van der Waals surface area contributed by atoms with Gasteiger partial charge in [0.25, 0.3) is 0 Å². The molecule has 1 aliphatic carbocycles. The van der Waals surface area contributed by atoms with Crippen LogP contribution in [0, 0.1) is 12.8 Å². The van der Waals surface area contributed by atoms with Gasteiger partial charge in [0.2, 0.25) is 0 Å². The van der Waals surface area contributed by atoms with Crippen molar-refractivity contribution in [1.29, 1.82) is 0 Å². The van der Waals surface area contributed by atoms with Crippen molar-refractivity contribution in [3.8, 4) is 11.5 Å². The molecule has 19 heavy (non-hydrogen) atoms. The molecule has 0 fully saturated rings. The molecule has 2 aliphatic rings. The minimum atomic E-state index is -0.249. The second-order valence-electron chi connectivity index (χ2n) is 6.50. The van der Waals surface area contributed by atoms with Gasteiger partial charge < -0.3 is 9.84 Å². The summed E-state index contributed by atoms with van der Waals surface area (Å²) in [6.07, 6.45) is 3.50. The molecule has 1 N–H and O–H groups in total. The van der Waals surface area contributed by atoms with Crippen molar-refractivity contribution < 1.29 is 9.84 Å². The van der Waals surface area contributed by atoms with E-state index in [1.54, 1.807) is 6.07 Å². The van der Waals surface area contributed by atoms with Crippen molar-refractivity contribution in [2.75, 3.05) is 0 Å². The lowest BCUT2D eigenvalue weighted by Gasteiger charge is -2.41. The number of rotatable bonds is 0. The van der Waals surface area contributed by atoms with Crippen molar-refractivity contribution in [3.63, 3.8) is 0 Å². The zero-order chi connectivity index (χ0) is 13.8. The SMILES string of the molecule is Cc1c(O)ccc2c1OC(C)(C)C1=C2C[C@H](C)CC1. The zero-order valence-corrected chi connectivity index (χ0v) is 12.2. The Kier molecular flexibility index (Phi) is 2.67. The number of allylic oxidation sites excluding steroid dienone is 1. The predicted molar refractivity (Wildman–Crippen MR) is 77.5 cm³/mol. The molecule has 0 aromatic heterocycles. The Morgan fingerprint density at radius 1 is 1.32 bits per heavy atom. The Bertz CT molecular complexity index is 567. The summed E-state index contributed by atoms with van der Waals surface area (Å²) in [4.78, 5) is 0. The number of benzene rings is 1. The lowest BCUT2D eigenvalue weighted by Crippen LogP contribution is -2.36. The third-order valence-electron chi connectivity index (χ3n) is 4.59. The molecule has 0 unspecified atom stereocenters. The molecular formula is C17H22O2. The fourth-order valence-corrected chi connectivity index (χ4v) is 3.42. The standard InChI is InChI=1S/C17H22O2/c1-10-5-7-14-13(9-10)12-6-8-15(18)11(2)16(12)19-17(14,3)4/h6,8,10,18H,5,7,9H2,1-4H3/t10-/m1/s1. The van der Waals surface area contributed by atoms with Gasteiger partial charge >= 0.3 is 0 Å². The smallest absolute Gasteiger partial charge is 0.134 e. The van der Waals surface area contributed by atoms with Crippen LogP contribution in [0.5, 0.6) is 11.5 Å². The first kappa shape index (κ1) is 12.6. The summed E-state index contributed by atoms with van der Waals surface area (Å²) in [5.41, 5.74) is 4.70. The molecule has 1 aromatic carbocycles. The topological polar surface area (TPSA) is 29.5 Å². The first-order valence-electron chi connectivity index (χ1n) is 7.14. The fourth-order valence-electron chi connectivity index (χ4n) is 3.42. The van der Waals surface area contributed by atoms with E-state index in [2.05, 4.69) is 20.8 Å². The van der Waals surface area contributed by atoms with E-state index in [1.807, 2.05) is 13.0 Å². The summed E-state index contributed by atoms with van der Waals surface area (Å²) in [6.45, 7) is 8.54. The van der Waals surface area contributed by atoms with Crippen molar-refractivity contribution in [3.05, 3.63) is 28.8 Å². The summed E-state index contributed by atoms with van der Waals surface area (Å²) in [6, 6.07) is 3.81. The number of phenols is 1. The Morgan fingerprint density at radius 3 is 2.79 bits per heavy atom. The van der Waals surface area contributed by atoms with E-state index in [4.69, 9.17) is 4.74 Å². The van der Waals surface area contributed by atoms with Gasteiger partial charge in [-0.3, -0.25) is 0 Å². The normalized spacial score (nSPS) is 24.5.